The molecule has 17 heavy (non-hydrogen) atoms. The first-order valence-corrected chi connectivity index (χ1v) is 6.21. The quantitative estimate of drug-likeness (QED) is 0.826. The lowest BCUT2D eigenvalue weighted by Gasteiger charge is -2.25. The van der Waals surface area contributed by atoms with Gasteiger partial charge in [0.1, 0.15) is 11.4 Å². The molecule has 0 saturated carbocycles. The molecule has 0 radical (unpaired) electrons. The van der Waals surface area contributed by atoms with Crippen LogP contribution in [0, 0.1) is 0 Å². The second-order valence-corrected chi connectivity index (χ2v) is 4.36. The molecule has 0 fully saturated rings. The van der Waals surface area contributed by atoms with Crippen LogP contribution in [-0.4, -0.2) is 24.1 Å². The monoisotopic (exact) mass is 237 g/mol. The van der Waals surface area contributed by atoms with Crippen molar-refractivity contribution in [3.05, 3.63) is 17.6 Å². The van der Waals surface area contributed by atoms with E-state index >= 15 is 0 Å². The molecule has 0 aromatic carbocycles. The predicted molar refractivity (Wildman–Crippen MR) is 70.2 cm³/mol. The highest BCUT2D eigenvalue weighted by molar-refractivity contribution is 5.36. The third-order valence-electron chi connectivity index (χ3n) is 3.14. The van der Waals surface area contributed by atoms with Crippen LogP contribution >= 0.6 is 0 Å². The molecule has 0 bridgehead atoms. The normalized spacial score (nSPS) is 14.4. The summed E-state index contributed by atoms with van der Waals surface area (Å²) in [4.78, 5) is 9.11. The van der Waals surface area contributed by atoms with Crippen molar-refractivity contribution in [1.29, 1.82) is 0 Å². The van der Waals surface area contributed by atoms with Crippen LogP contribution in [-0.2, 0) is 16.8 Å². The first-order chi connectivity index (χ1) is 8.09. The molecular weight excluding hydrogens is 214 g/mol. The van der Waals surface area contributed by atoms with Gasteiger partial charge >= 0.3 is 0 Å². The number of ether oxygens (including phenoxy) is 1. The van der Waals surface area contributed by atoms with E-state index in [0.29, 0.717) is 0 Å². The number of hydrogen-bond donors (Lipinski definition) is 1. The summed E-state index contributed by atoms with van der Waals surface area (Å²) in [5.41, 5.74) is 0.661. The molecule has 1 unspecified atom stereocenters. The SMILES string of the molecule is CCCc1cc(NC)nc(C(C)(CC)OC)n1. The van der Waals surface area contributed by atoms with Crippen LogP contribution in [0.3, 0.4) is 0 Å². The van der Waals surface area contributed by atoms with Crippen LogP contribution in [0.25, 0.3) is 0 Å². The van der Waals surface area contributed by atoms with E-state index in [9.17, 15) is 0 Å². The highest BCUT2D eigenvalue weighted by atomic mass is 16.5. The molecule has 4 nitrogen and oxygen atoms in total. The molecule has 1 aromatic heterocycles. The zero-order valence-corrected chi connectivity index (χ0v) is 11.5. The topological polar surface area (TPSA) is 47.0 Å². The Morgan fingerprint density at radius 3 is 2.53 bits per heavy atom. The average Bonchev–Trinajstić information content (AvgIpc) is 2.37. The van der Waals surface area contributed by atoms with Gasteiger partial charge in [-0.25, -0.2) is 9.97 Å². The van der Waals surface area contributed by atoms with Crippen LogP contribution < -0.4 is 5.32 Å². The Kier molecular flexibility index (Phi) is 4.87. The minimum Gasteiger partial charge on any atom is -0.373 e. The minimum absolute atomic E-state index is 0.407. The fraction of sp³-hybridized carbons (Fsp3) is 0.692. The minimum atomic E-state index is -0.407. The number of rotatable bonds is 6. The van der Waals surface area contributed by atoms with E-state index in [4.69, 9.17) is 4.74 Å². The second-order valence-electron chi connectivity index (χ2n) is 4.36. The molecule has 0 aliphatic rings. The number of nitrogens with one attached hydrogen (secondary N) is 1. The molecule has 1 aromatic rings. The Morgan fingerprint density at radius 1 is 1.35 bits per heavy atom. The number of aryl methyl sites for hydroxylation is 1. The predicted octanol–water partition coefficient (Wildman–Crippen LogP) is 2.74. The maximum atomic E-state index is 5.55. The van der Waals surface area contributed by atoms with Gasteiger partial charge in [-0.1, -0.05) is 20.3 Å². The van der Waals surface area contributed by atoms with Gasteiger partial charge < -0.3 is 10.1 Å². The van der Waals surface area contributed by atoms with E-state index in [1.54, 1.807) is 7.11 Å². The first-order valence-electron chi connectivity index (χ1n) is 6.21. The van der Waals surface area contributed by atoms with Crippen molar-refractivity contribution < 1.29 is 4.74 Å². The molecule has 1 heterocycles. The number of anilines is 1. The van der Waals surface area contributed by atoms with Crippen molar-refractivity contribution in [2.75, 3.05) is 19.5 Å². The summed E-state index contributed by atoms with van der Waals surface area (Å²) >= 11 is 0. The lowest BCUT2D eigenvalue weighted by Crippen LogP contribution is -2.27. The number of methoxy groups -OCH3 is 1. The van der Waals surface area contributed by atoms with Crippen molar-refractivity contribution in [1.82, 2.24) is 9.97 Å². The lowest BCUT2D eigenvalue weighted by atomic mass is 10.0. The molecule has 1 atom stereocenters. The summed E-state index contributed by atoms with van der Waals surface area (Å²) in [6.07, 6.45) is 2.89. The molecule has 4 heteroatoms. The third kappa shape index (κ3) is 3.16. The maximum Gasteiger partial charge on any atom is 0.162 e. The Balaban J connectivity index is 3.18. The van der Waals surface area contributed by atoms with E-state index in [0.717, 1.165) is 36.6 Å². The van der Waals surface area contributed by atoms with E-state index < -0.39 is 5.60 Å². The third-order valence-corrected chi connectivity index (χ3v) is 3.14. The second kappa shape index (κ2) is 5.96. The van der Waals surface area contributed by atoms with Crippen molar-refractivity contribution >= 4 is 5.82 Å². The van der Waals surface area contributed by atoms with Gasteiger partial charge in [0.25, 0.3) is 0 Å². The fourth-order valence-corrected chi connectivity index (χ4v) is 1.64. The summed E-state index contributed by atoms with van der Waals surface area (Å²) in [5.74, 6) is 1.62. The standard InChI is InChI=1S/C13H23N3O/c1-6-8-10-9-11(14-4)16-12(15-10)13(3,7-2)17-5/h9H,6-8H2,1-5H3,(H,14,15,16). The van der Waals surface area contributed by atoms with E-state index in [2.05, 4.69) is 29.1 Å². The van der Waals surface area contributed by atoms with Crippen LogP contribution in [0.5, 0.6) is 0 Å². The summed E-state index contributed by atoms with van der Waals surface area (Å²) in [5, 5.41) is 3.08. The molecule has 0 spiro atoms. The smallest absolute Gasteiger partial charge is 0.162 e. The molecule has 0 aliphatic heterocycles. The molecule has 0 aliphatic carbocycles. The van der Waals surface area contributed by atoms with E-state index in [-0.39, 0.29) is 0 Å². The molecular formula is C13H23N3O. The maximum absolute atomic E-state index is 5.55. The summed E-state index contributed by atoms with van der Waals surface area (Å²) in [7, 11) is 3.58. The van der Waals surface area contributed by atoms with Crippen LogP contribution in [0.1, 0.15) is 45.1 Å². The highest BCUT2D eigenvalue weighted by Crippen LogP contribution is 2.26. The van der Waals surface area contributed by atoms with Gasteiger partial charge in [0, 0.05) is 25.9 Å². The number of aromatic nitrogens is 2. The van der Waals surface area contributed by atoms with Gasteiger partial charge in [-0.05, 0) is 19.8 Å². The molecule has 96 valence electrons. The zero-order chi connectivity index (χ0) is 12.9. The van der Waals surface area contributed by atoms with Crippen LogP contribution in [0.4, 0.5) is 5.82 Å². The molecule has 0 saturated heterocycles. The Bertz CT molecular complexity index is 362. The van der Waals surface area contributed by atoms with Gasteiger partial charge in [0.15, 0.2) is 5.82 Å². The van der Waals surface area contributed by atoms with Crippen LogP contribution in [0.15, 0.2) is 6.07 Å². The van der Waals surface area contributed by atoms with Gasteiger partial charge in [0.05, 0.1) is 0 Å². The summed E-state index contributed by atoms with van der Waals surface area (Å²) < 4.78 is 5.55. The lowest BCUT2D eigenvalue weighted by molar-refractivity contribution is -0.00903. The molecule has 0 amide bonds. The van der Waals surface area contributed by atoms with Crippen molar-refractivity contribution in [3.63, 3.8) is 0 Å². The van der Waals surface area contributed by atoms with Crippen LogP contribution in [0.2, 0.25) is 0 Å². The summed E-state index contributed by atoms with van der Waals surface area (Å²) in [6, 6.07) is 2.00. The van der Waals surface area contributed by atoms with E-state index in [1.807, 2.05) is 20.0 Å². The van der Waals surface area contributed by atoms with E-state index in [1.165, 1.54) is 0 Å². The molecule has 1 N–H and O–H groups in total. The van der Waals surface area contributed by atoms with Crippen molar-refractivity contribution in [2.24, 2.45) is 0 Å². The van der Waals surface area contributed by atoms with Crippen molar-refractivity contribution in [3.8, 4) is 0 Å². The highest BCUT2D eigenvalue weighted by Gasteiger charge is 2.28. The first kappa shape index (κ1) is 13.9. The van der Waals surface area contributed by atoms with Gasteiger partial charge in [-0.3, -0.25) is 0 Å². The van der Waals surface area contributed by atoms with Gasteiger partial charge in [-0.15, -0.1) is 0 Å². The van der Waals surface area contributed by atoms with Crippen molar-refractivity contribution in [2.45, 2.75) is 45.6 Å². The Labute approximate surface area is 104 Å². The fourth-order valence-electron chi connectivity index (χ4n) is 1.64. The van der Waals surface area contributed by atoms with Gasteiger partial charge in [0.2, 0.25) is 0 Å². The molecule has 1 rings (SSSR count). The Morgan fingerprint density at radius 2 is 2.06 bits per heavy atom. The Hall–Kier alpha value is -1.16. The number of hydrogen-bond acceptors (Lipinski definition) is 4. The number of nitrogens with zero attached hydrogens (tertiary/aromatic N) is 2. The zero-order valence-electron chi connectivity index (χ0n) is 11.5. The average molecular weight is 237 g/mol. The summed E-state index contributed by atoms with van der Waals surface area (Å²) in [6.45, 7) is 6.26. The largest absolute Gasteiger partial charge is 0.373 e. The van der Waals surface area contributed by atoms with Gasteiger partial charge in [-0.2, -0.15) is 0 Å².